The molecule has 0 fully saturated rings. The molecule has 2 rings (SSSR count). The smallest absolute Gasteiger partial charge is 0.321 e. The summed E-state index contributed by atoms with van der Waals surface area (Å²) < 4.78 is 6.68. The molecule has 0 unspecified atom stereocenters. The Bertz CT molecular complexity index is 872. The number of urea groups is 1. The fourth-order valence-electron chi connectivity index (χ4n) is 2.71. The second kappa shape index (κ2) is 8.61. The summed E-state index contributed by atoms with van der Waals surface area (Å²) in [6.07, 6.45) is 0.522. The van der Waals surface area contributed by atoms with Crippen LogP contribution in [0.2, 0.25) is 0 Å². The summed E-state index contributed by atoms with van der Waals surface area (Å²) in [5.74, 6) is -1.20. The van der Waals surface area contributed by atoms with Crippen molar-refractivity contribution in [2.75, 3.05) is 6.61 Å². The zero-order chi connectivity index (χ0) is 20.1. The van der Waals surface area contributed by atoms with Crippen molar-refractivity contribution in [3.05, 3.63) is 28.7 Å². The van der Waals surface area contributed by atoms with Crippen molar-refractivity contribution in [1.82, 2.24) is 25.2 Å². The Balaban J connectivity index is 1.88. The molecule has 9 nitrogen and oxygen atoms in total. The van der Waals surface area contributed by atoms with Crippen molar-refractivity contribution in [2.24, 2.45) is 0 Å². The average Bonchev–Trinajstić information content (AvgIpc) is 2.92. The van der Waals surface area contributed by atoms with Crippen molar-refractivity contribution >= 4 is 23.6 Å². The Kier molecular flexibility index (Phi) is 6.49. The van der Waals surface area contributed by atoms with Gasteiger partial charge in [0.1, 0.15) is 0 Å². The van der Waals surface area contributed by atoms with E-state index in [1.54, 1.807) is 18.4 Å². The predicted molar refractivity (Wildman–Crippen MR) is 98.3 cm³/mol. The zero-order valence-corrected chi connectivity index (χ0v) is 16.3. The summed E-state index contributed by atoms with van der Waals surface area (Å²) in [5.41, 5.74) is 4.31. The highest BCUT2D eigenvalue weighted by Crippen LogP contribution is 2.17. The van der Waals surface area contributed by atoms with Gasteiger partial charge in [-0.3, -0.25) is 14.9 Å². The zero-order valence-electron chi connectivity index (χ0n) is 16.3. The lowest BCUT2D eigenvalue weighted by molar-refractivity contribution is -0.148. The van der Waals surface area contributed by atoms with Crippen LogP contribution < -0.4 is 10.6 Å². The lowest BCUT2D eigenvalue weighted by Crippen LogP contribution is -2.44. The topological polar surface area (TPSA) is 115 Å². The number of ether oxygens (including phenoxy) is 1. The number of carbonyl (C=O) groups is 3. The number of esters is 1. The number of aromatic nitrogens is 3. The molecule has 3 amide bonds. The molecule has 2 aromatic rings. The Labute approximate surface area is 157 Å². The van der Waals surface area contributed by atoms with Crippen molar-refractivity contribution in [3.8, 4) is 0 Å². The molecule has 146 valence electrons. The van der Waals surface area contributed by atoms with Crippen LogP contribution in [0.3, 0.4) is 0 Å². The summed E-state index contributed by atoms with van der Waals surface area (Å²) in [7, 11) is 0. The fourth-order valence-corrected chi connectivity index (χ4v) is 2.71. The maximum absolute atomic E-state index is 11.9. The second-order valence-electron chi connectivity index (χ2n) is 6.65. The third-order valence-electron chi connectivity index (χ3n) is 3.90. The van der Waals surface area contributed by atoms with Gasteiger partial charge in [-0.05, 0) is 46.6 Å². The molecule has 0 aliphatic heterocycles. The lowest BCUT2D eigenvalue weighted by Gasteiger charge is -2.11. The Hall–Kier alpha value is -2.97. The van der Waals surface area contributed by atoms with E-state index >= 15 is 0 Å². The molecule has 0 radical (unpaired) electrons. The first-order valence-electron chi connectivity index (χ1n) is 8.75. The number of hydrogen-bond acceptors (Lipinski definition) is 6. The highest BCUT2D eigenvalue weighted by molar-refractivity contribution is 5.95. The van der Waals surface area contributed by atoms with Crippen LogP contribution in [0.5, 0.6) is 0 Å². The standard InChI is InChI=1S/C18H25N5O4/c1-10(2)19-18(26)21-16(24)9-27-17(25)7-6-14-12(4)20-15-8-11(3)22-23(15)13(14)5/h8,10H,6-7,9H2,1-5H3,(H2,19,21,24,26). The van der Waals surface area contributed by atoms with Crippen LogP contribution in [0.25, 0.3) is 5.65 Å². The van der Waals surface area contributed by atoms with Gasteiger partial charge in [0.05, 0.1) is 5.69 Å². The minimum Gasteiger partial charge on any atom is -0.456 e. The molecule has 0 saturated heterocycles. The molecule has 2 aromatic heterocycles. The maximum Gasteiger partial charge on any atom is 0.321 e. The SMILES string of the molecule is Cc1cc2nc(C)c(CCC(=O)OCC(=O)NC(=O)NC(C)C)c(C)n2n1. The molecule has 2 heterocycles. The van der Waals surface area contributed by atoms with Crippen molar-refractivity contribution in [2.45, 2.75) is 53.5 Å². The first kappa shape index (κ1) is 20.3. The van der Waals surface area contributed by atoms with Crippen LogP contribution in [0.15, 0.2) is 6.07 Å². The van der Waals surface area contributed by atoms with E-state index in [1.807, 2.05) is 26.8 Å². The molecule has 0 bridgehead atoms. The number of hydrogen-bond donors (Lipinski definition) is 2. The molecule has 0 aliphatic carbocycles. The lowest BCUT2D eigenvalue weighted by atomic mass is 10.1. The van der Waals surface area contributed by atoms with E-state index in [-0.39, 0.29) is 12.5 Å². The minimum atomic E-state index is -0.677. The molecule has 0 spiro atoms. The van der Waals surface area contributed by atoms with Gasteiger partial charge in [-0.1, -0.05) is 0 Å². The molecule has 2 N–H and O–H groups in total. The number of amides is 3. The molecule has 0 aromatic carbocycles. The Morgan fingerprint density at radius 2 is 1.93 bits per heavy atom. The van der Waals surface area contributed by atoms with Gasteiger partial charge in [-0.2, -0.15) is 5.10 Å². The predicted octanol–water partition coefficient (Wildman–Crippen LogP) is 1.36. The van der Waals surface area contributed by atoms with Crippen LogP contribution in [0.1, 0.15) is 42.9 Å². The number of nitrogens with zero attached hydrogens (tertiary/aromatic N) is 3. The number of fused-ring (bicyclic) bond motifs is 1. The fraction of sp³-hybridized carbons (Fsp3) is 0.500. The van der Waals surface area contributed by atoms with Crippen LogP contribution in [-0.4, -0.2) is 45.2 Å². The van der Waals surface area contributed by atoms with Crippen LogP contribution in [-0.2, 0) is 20.7 Å². The van der Waals surface area contributed by atoms with Crippen LogP contribution in [0, 0.1) is 20.8 Å². The van der Waals surface area contributed by atoms with Crippen LogP contribution >= 0.6 is 0 Å². The van der Waals surface area contributed by atoms with Gasteiger partial charge in [0.2, 0.25) is 0 Å². The number of rotatable bonds is 6. The molecule has 0 atom stereocenters. The van der Waals surface area contributed by atoms with E-state index in [4.69, 9.17) is 4.74 Å². The Morgan fingerprint density at radius 3 is 2.59 bits per heavy atom. The van der Waals surface area contributed by atoms with Crippen molar-refractivity contribution in [1.29, 1.82) is 0 Å². The van der Waals surface area contributed by atoms with Gasteiger partial charge in [-0.15, -0.1) is 0 Å². The van der Waals surface area contributed by atoms with Gasteiger partial charge in [-0.25, -0.2) is 14.3 Å². The van der Waals surface area contributed by atoms with E-state index in [2.05, 4.69) is 20.7 Å². The minimum absolute atomic E-state index is 0.0978. The molecular weight excluding hydrogens is 350 g/mol. The van der Waals surface area contributed by atoms with Gasteiger partial charge >= 0.3 is 12.0 Å². The first-order valence-corrected chi connectivity index (χ1v) is 8.75. The highest BCUT2D eigenvalue weighted by atomic mass is 16.5. The number of carbonyl (C=O) groups excluding carboxylic acids is 3. The van der Waals surface area contributed by atoms with Crippen molar-refractivity contribution < 1.29 is 19.1 Å². The average molecular weight is 375 g/mol. The van der Waals surface area contributed by atoms with Gasteiger partial charge in [0, 0.05) is 29.9 Å². The molecule has 0 aliphatic rings. The molecule has 9 heteroatoms. The maximum atomic E-state index is 11.9. The number of aryl methyl sites for hydroxylation is 3. The summed E-state index contributed by atoms with van der Waals surface area (Å²) in [6, 6.07) is 1.18. The molecule has 0 saturated carbocycles. The highest BCUT2D eigenvalue weighted by Gasteiger charge is 2.15. The van der Waals surface area contributed by atoms with Gasteiger partial charge in [0.15, 0.2) is 12.3 Å². The van der Waals surface area contributed by atoms with Gasteiger partial charge < -0.3 is 10.1 Å². The van der Waals surface area contributed by atoms with E-state index in [0.717, 1.165) is 28.3 Å². The largest absolute Gasteiger partial charge is 0.456 e. The third-order valence-corrected chi connectivity index (χ3v) is 3.90. The summed E-state index contributed by atoms with van der Waals surface area (Å²) in [6.45, 7) is 8.74. The quantitative estimate of drug-likeness (QED) is 0.737. The summed E-state index contributed by atoms with van der Waals surface area (Å²) in [5, 5.41) is 9.00. The van der Waals surface area contributed by atoms with Crippen LogP contribution in [0.4, 0.5) is 4.79 Å². The normalized spacial score (nSPS) is 10.9. The van der Waals surface area contributed by atoms with Gasteiger partial charge in [0.25, 0.3) is 5.91 Å². The van der Waals surface area contributed by atoms with E-state index in [0.29, 0.717) is 6.42 Å². The van der Waals surface area contributed by atoms with E-state index < -0.39 is 24.5 Å². The number of imide groups is 1. The van der Waals surface area contributed by atoms with E-state index in [1.165, 1.54) is 0 Å². The summed E-state index contributed by atoms with van der Waals surface area (Å²) in [4.78, 5) is 39.4. The Morgan fingerprint density at radius 1 is 1.22 bits per heavy atom. The second-order valence-corrected chi connectivity index (χ2v) is 6.65. The van der Waals surface area contributed by atoms with E-state index in [9.17, 15) is 14.4 Å². The number of nitrogens with one attached hydrogen (secondary N) is 2. The first-order chi connectivity index (χ1) is 12.7. The third kappa shape index (κ3) is 5.50. The summed E-state index contributed by atoms with van der Waals surface area (Å²) >= 11 is 0. The van der Waals surface area contributed by atoms with Crippen molar-refractivity contribution in [3.63, 3.8) is 0 Å². The molecular formula is C18H25N5O4. The monoisotopic (exact) mass is 375 g/mol. The molecule has 27 heavy (non-hydrogen) atoms.